The zero-order valence-corrected chi connectivity index (χ0v) is 17.4. The highest BCUT2D eigenvalue weighted by molar-refractivity contribution is 5.87. The number of hydrogen-bond acceptors (Lipinski definition) is 12. The number of primary amides is 1. The molecule has 190 valence electrons. The van der Waals surface area contributed by atoms with Crippen LogP contribution in [0.2, 0.25) is 0 Å². The van der Waals surface area contributed by atoms with Gasteiger partial charge in [0.05, 0.1) is 24.3 Å². The summed E-state index contributed by atoms with van der Waals surface area (Å²) in [5.74, 6) is -2.79. The Balaban J connectivity index is 2.18. The molecule has 1 aliphatic rings. The lowest BCUT2D eigenvalue weighted by Crippen LogP contribution is -2.56. The van der Waals surface area contributed by atoms with Gasteiger partial charge in [0.2, 0.25) is 5.91 Å². The molecule has 11 N–H and O–H groups in total. The summed E-state index contributed by atoms with van der Waals surface area (Å²) >= 11 is 0. The van der Waals surface area contributed by atoms with Crippen molar-refractivity contribution in [1.82, 2.24) is 14.9 Å². The molecule has 1 aliphatic heterocycles. The lowest BCUT2D eigenvalue weighted by Gasteiger charge is -2.25. The summed E-state index contributed by atoms with van der Waals surface area (Å²) in [5.41, 5.74) is 8.12. The SMILES string of the molecule is NC(=O)OC[C@H](O)C[C@H](N)C(=O)N[C@H](C(=O)O)C1OC(n2cc(CO)c(=O)[nH]c2=O)[C@H](O)[C@@H]1O. The Morgan fingerprint density at radius 1 is 1.26 bits per heavy atom. The minimum absolute atomic E-state index is 0.277. The van der Waals surface area contributed by atoms with Crippen LogP contribution in [0.25, 0.3) is 0 Å². The van der Waals surface area contributed by atoms with Crippen molar-refractivity contribution < 1.29 is 49.4 Å². The third-order valence-corrected chi connectivity index (χ3v) is 4.93. The van der Waals surface area contributed by atoms with E-state index in [1.54, 1.807) is 0 Å². The predicted molar refractivity (Wildman–Crippen MR) is 107 cm³/mol. The van der Waals surface area contributed by atoms with E-state index in [0.29, 0.717) is 4.57 Å². The summed E-state index contributed by atoms with van der Waals surface area (Å²) in [6, 6.07) is -3.45. The summed E-state index contributed by atoms with van der Waals surface area (Å²) in [4.78, 5) is 60.2. The number of hydrogen-bond donors (Lipinski definition) is 9. The fourth-order valence-corrected chi connectivity index (χ4v) is 3.21. The number of aromatic nitrogens is 2. The molecule has 7 atom stereocenters. The molecule has 2 rings (SSSR count). The van der Waals surface area contributed by atoms with Gasteiger partial charge in [-0.2, -0.15) is 0 Å². The quantitative estimate of drug-likeness (QED) is 0.148. The van der Waals surface area contributed by atoms with Crippen molar-refractivity contribution in [2.75, 3.05) is 6.61 Å². The van der Waals surface area contributed by atoms with Crippen molar-refractivity contribution in [2.45, 2.75) is 55.8 Å². The Labute approximate surface area is 189 Å². The van der Waals surface area contributed by atoms with Crippen LogP contribution in [0.15, 0.2) is 15.8 Å². The van der Waals surface area contributed by atoms with Crippen LogP contribution in [0, 0.1) is 0 Å². The Morgan fingerprint density at radius 2 is 1.91 bits per heavy atom. The number of nitrogens with one attached hydrogen (secondary N) is 2. The van der Waals surface area contributed by atoms with Crippen molar-refractivity contribution in [2.24, 2.45) is 11.5 Å². The van der Waals surface area contributed by atoms with Gasteiger partial charge in [0.1, 0.15) is 24.9 Å². The molecule has 0 radical (unpaired) electrons. The molecule has 1 aromatic heterocycles. The highest BCUT2D eigenvalue weighted by Crippen LogP contribution is 2.30. The van der Waals surface area contributed by atoms with E-state index in [1.807, 2.05) is 10.3 Å². The van der Waals surface area contributed by atoms with Crippen LogP contribution in [0.5, 0.6) is 0 Å². The molecule has 17 heteroatoms. The van der Waals surface area contributed by atoms with Gasteiger partial charge < -0.3 is 51.8 Å². The Morgan fingerprint density at radius 3 is 2.47 bits per heavy atom. The topological polar surface area (TPSA) is 290 Å². The van der Waals surface area contributed by atoms with Gasteiger partial charge in [-0.15, -0.1) is 0 Å². The average Bonchev–Trinajstić information content (AvgIpc) is 3.04. The number of ether oxygens (including phenoxy) is 2. The number of aromatic amines is 1. The van der Waals surface area contributed by atoms with Crippen LogP contribution < -0.4 is 28.0 Å². The second-order valence-corrected chi connectivity index (χ2v) is 7.40. The minimum Gasteiger partial charge on any atom is -0.480 e. The maximum absolute atomic E-state index is 12.3. The summed E-state index contributed by atoms with van der Waals surface area (Å²) in [5, 5.41) is 51.1. The number of H-pyrrole nitrogens is 1. The van der Waals surface area contributed by atoms with E-state index in [1.165, 1.54) is 0 Å². The van der Waals surface area contributed by atoms with Crippen LogP contribution in [0.3, 0.4) is 0 Å². The first-order chi connectivity index (χ1) is 15.9. The molecular formula is C17H25N5O12. The molecule has 0 aromatic carbocycles. The summed E-state index contributed by atoms with van der Waals surface area (Å²) in [6.07, 6.45) is -9.43. The fourth-order valence-electron chi connectivity index (χ4n) is 3.21. The third kappa shape index (κ3) is 6.16. The van der Waals surface area contributed by atoms with Gasteiger partial charge in [-0.25, -0.2) is 14.4 Å². The van der Waals surface area contributed by atoms with Crippen LogP contribution in [-0.2, 0) is 25.7 Å². The largest absolute Gasteiger partial charge is 0.480 e. The average molecular weight is 491 g/mol. The zero-order chi connectivity index (χ0) is 25.7. The predicted octanol–water partition coefficient (Wildman–Crippen LogP) is -5.61. The molecule has 2 unspecified atom stereocenters. The molecular weight excluding hydrogens is 466 g/mol. The molecule has 34 heavy (non-hydrogen) atoms. The number of nitrogens with two attached hydrogens (primary N) is 2. The molecule has 0 spiro atoms. The number of rotatable bonds is 10. The normalized spacial score (nSPS) is 24.7. The van der Waals surface area contributed by atoms with Crippen molar-refractivity contribution >= 4 is 18.0 Å². The smallest absolute Gasteiger partial charge is 0.404 e. The molecule has 0 aliphatic carbocycles. The first kappa shape index (κ1) is 26.9. The van der Waals surface area contributed by atoms with Gasteiger partial charge in [0.25, 0.3) is 5.56 Å². The zero-order valence-electron chi connectivity index (χ0n) is 17.4. The fraction of sp³-hybridized carbons (Fsp3) is 0.588. The van der Waals surface area contributed by atoms with Crippen molar-refractivity contribution in [3.63, 3.8) is 0 Å². The lowest BCUT2D eigenvalue weighted by atomic mass is 10.0. The minimum atomic E-state index is -1.97. The highest BCUT2D eigenvalue weighted by atomic mass is 16.6. The molecule has 17 nitrogen and oxygen atoms in total. The molecule has 1 fully saturated rings. The number of carboxylic acid groups (broad SMARTS) is 1. The Hall–Kier alpha value is -3.35. The van der Waals surface area contributed by atoms with E-state index in [0.717, 1.165) is 6.20 Å². The van der Waals surface area contributed by atoms with E-state index in [-0.39, 0.29) is 5.56 Å². The van der Waals surface area contributed by atoms with E-state index < -0.39 is 91.6 Å². The van der Waals surface area contributed by atoms with Gasteiger partial charge in [-0.05, 0) is 0 Å². The number of carbonyl (C=O) groups is 3. The van der Waals surface area contributed by atoms with Crippen LogP contribution in [0.1, 0.15) is 18.2 Å². The van der Waals surface area contributed by atoms with Gasteiger partial charge in [-0.3, -0.25) is 19.1 Å². The van der Waals surface area contributed by atoms with Crippen molar-refractivity contribution in [3.8, 4) is 0 Å². The molecule has 1 saturated heterocycles. The highest BCUT2D eigenvalue weighted by Gasteiger charge is 2.50. The van der Waals surface area contributed by atoms with Crippen molar-refractivity contribution in [1.29, 1.82) is 0 Å². The number of carbonyl (C=O) groups excluding carboxylic acids is 2. The second-order valence-electron chi connectivity index (χ2n) is 7.40. The molecule has 2 heterocycles. The van der Waals surface area contributed by atoms with Gasteiger partial charge in [-0.1, -0.05) is 0 Å². The molecule has 2 amide bonds. The summed E-state index contributed by atoms with van der Waals surface area (Å²) in [6.45, 7) is -1.34. The monoisotopic (exact) mass is 491 g/mol. The summed E-state index contributed by atoms with van der Waals surface area (Å²) < 4.78 is 10.3. The number of nitrogens with zero attached hydrogens (tertiary/aromatic N) is 1. The first-order valence-electron chi connectivity index (χ1n) is 9.73. The van der Waals surface area contributed by atoms with Crippen LogP contribution in [0.4, 0.5) is 4.79 Å². The Bertz CT molecular complexity index is 1020. The van der Waals surface area contributed by atoms with Gasteiger partial charge >= 0.3 is 17.8 Å². The first-order valence-corrected chi connectivity index (χ1v) is 9.73. The molecule has 0 bridgehead atoms. The standard InChI is InChI=1S/C17H25N5O12/c18-7(1-6(24)4-33-16(19)31)13(28)20-8(15(29)30)11-9(25)10(26)14(34-11)22-2-5(3-23)12(27)21-17(22)32/h2,6-11,14,23-26H,1,3-4,18H2,(H2,19,31)(H,20,28)(H,29,30)(H,21,27,32)/t6-,7+,8+,9+,10-,11?,14?/m1/s1. The number of aliphatic hydroxyl groups excluding tert-OH is 4. The van der Waals surface area contributed by atoms with Crippen LogP contribution in [-0.4, -0.2) is 96.2 Å². The van der Waals surface area contributed by atoms with E-state index in [4.69, 9.17) is 16.2 Å². The number of amides is 2. The molecule has 1 aromatic rings. The van der Waals surface area contributed by atoms with E-state index >= 15 is 0 Å². The van der Waals surface area contributed by atoms with Crippen LogP contribution >= 0.6 is 0 Å². The number of aliphatic carboxylic acids is 1. The Kier molecular flexibility index (Phi) is 8.85. The van der Waals surface area contributed by atoms with Crippen molar-refractivity contribution in [3.05, 3.63) is 32.6 Å². The number of carboxylic acids is 1. The summed E-state index contributed by atoms with van der Waals surface area (Å²) in [7, 11) is 0. The third-order valence-electron chi connectivity index (χ3n) is 4.93. The van der Waals surface area contributed by atoms with Gasteiger partial charge in [0.15, 0.2) is 12.3 Å². The van der Waals surface area contributed by atoms with Gasteiger partial charge in [0, 0.05) is 12.6 Å². The maximum atomic E-state index is 12.3. The maximum Gasteiger partial charge on any atom is 0.404 e. The molecule has 0 saturated carbocycles. The lowest BCUT2D eigenvalue weighted by molar-refractivity contribution is -0.149. The number of aliphatic hydroxyl groups is 4. The van der Waals surface area contributed by atoms with E-state index in [9.17, 15) is 49.5 Å². The van der Waals surface area contributed by atoms with E-state index in [2.05, 4.69) is 4.74 Å². The second kappa shape index (κ2) is 11.2.